The zero-order valence-corrected chi connectivity index (χ0v) is 11.5. The van der Waals surface area contributed by atoms with Crippen LogP contribution < -0.4 is 4.90 Å². The molecule has 0 aromatic carbocycles. The highest BCUT2D eigenvalue weighted by atomic mass is 79.9. The zero-order valence-electron chi connectivity index (χ0n) is 9.06. The van der Waals surface area contributed by atoms with Crippen LogP contribution in [0.3, 0.4) is 0 Å². The number of hydrogen-bond donors (Lipinski definition) is 1. The number of anilines is 1. The maximum absolute atomic E-state index is 10.4. The summed E-state index contributed by atoms with van der Waals surface area (Å²) in [6, 6.07) is 0. The molecule has 1 aromatic rings. The van der Waals surface area contributed by atoms with Crippen LogP contribution in [0.25, 0.3) is 0 Å². The van der Waals surface area contributed by atoms with Crippen LogP contribution in [-0.2, 0) is 0 Å². The van der Waals surface area contributed by atoms with Crippen LogP contribution in [0.5, 0.6) is 0 Å². The normalized spacial score (nSPS) is 38.1. The molecule has 3 atom stereocenters. The molecule has 1 aliphatic heterocycles. The molecule has 0 spiro atoms. The average molecular weight is 304 g/mol. The van der Waals surface area contributed by atoms with Gasteiger partial charge < -0.3 is 10.0 Å². The van der Waals surface area contributed by atoms with E-state index in [1.807, 2.05) is 6.92 Å². The monoisotopic (exact) mass is 303 g/mol. The van der Waals surface area contributed by atoms with E-state index in [4.69, 9.17) is 0 Å². The van der Waals surface area contributed by atoms with Crippen LogP contribution in [0.1, 0.15) is 19.8 Å². The van der Waals surface area contributed by atoms with Crippen molar-refractivity contribution in [2.24, 2.45) is 11.8 Å². The highest BCUT2D eigenvalue weighted by molar-refractivity contribution is 9.11. The lowest BCUT2D eigenvalue weighted by atomic mass is 9.82. The molecule has 2 heterocycles. The SMILES string of the molecule is C[C@]1(O)[C@@H]2CC[C@H]1CN(c1nnc(Br)s1)C2. The molecule has 1 N–H and O–H groups in total. The summed E-state index contributed by atoms with van der Waals surface area (Å²) in [5.41, 5.74) is -0.474. The van der Waals surface area contributed by atoms with Crippen LogP contribution in [0.2, 0.25) is 0 Å². The van der Waals surface area contributed by atoms with Gasteiger partial charge in [0.05, 0.1) is 5.60 Å². The van der Waals surface area contributed by atoms with Crippen LogP contribution in [-0.4, -0.2) is 34.0 Å². The first-order valence-electron chi connectivity index (χ1n) is 5.53. The second-order valence-electron chi connectivity index (χ2n) is 4.94. The van der Waals surface area contributed by atoms with Gasteiger partial charge in [-0.2, -0.15) is 0 Å². The van der Waals surface area contributed by atoms with Crippen LogP contribution in [0.15, 0.2) is 3.92 Å². The van der Waals surface area contributed by atoms with Crippen molar-refractivity contribution in [3.63, 3.8) is 0 Å². The van der Waals surface area contributed by atoms with E-state index >= 15 is 0 Å². The summed E-state index contributed by atoms with van der Waals surface area (Å²) in [4.78, 5) is 2.27. The van der Waals surface area contributed by atoms with Gasteiger partial charge in [0.2, 0.25) is 5.13 Å². The molecule has 1 saturated heterocycles. The van der Waals surface area contributed by atoms with Gasteiger partial charge in [0, 0.05) is 24.9 Å². The molecule has 6 heteroatoms. The molecular weight excluding hydrogens is 290 g/mol. The molecule has 0 unspecified atom stereocenters. The molecule has 16 heavy (non-hydrogen) atoms. The van der Waals surface area contributed by atoms with Crippen LogP contribution in [0.4, 0.5) is 5.13 Å². The average Bonchev–Trinajstić information content (AvgIpc) is 2.65. The molecule has 4 nitrogen and oxygen atoms in total. The Labute approximate surface area is 107 Å². The maximum atomic E-state index is 10.4. The topological polar surface area (TPSA) is 49.2 Å². The minimum Gasteiger partial charge on any atom is -0.389 e. The van der Waals surface area contributed by atoms with Crippen molar-refractivity contribution in [2.45, 2.75) is 25.4 Å². The van der Waals surface area contributed by atoms with Gasteiger partial charge in [-0.15, -0.1) is 10.2 Å². The van der Waals surface area contributed by atoms with Gasteiger partial charge in [-0.05, 0) is 35.7 Å². The number of rotatable bonds is 1. The number of halogens is 1. The van der Waals surface area contributed by atoms with Gasteiger partial charge >= 0.3 is 0 Å². The van der Waals surface area contributed by atoms with E-state index in [0.29, 0.717) is 11.8 Å². The predicted octanol–water partition coefficient (Wildman–Crippen LogP) is 1.90. The van der Waals surface area contributed by atoms with Crippen molar-refractivity contribution >= 4 is 32.4 Å². The van der Waals surface area contributed by atoms with E-state index in [1.165, 1.54) is 0 Å². The standard InChI is InChI=1S/C10H14BrN3OS/c1-10(15)6-2-3-7(10)5-14(4-6)9-13-12-8(11)16-9/h6-7,15H,2-5H2,1H3/t6-,7+,10+. The predicted molar refractivity (Wildman–Crippen MR) is 66.7 cm³/mol. The molecule has 0 amide bonds. The first kappa shape index (κ1) is 10.9. The molecule has 1 saturated carbocycles. The molecule has 2 bridgehead atoms. The highest BCUT2D eigenvalue weighted by Gasteiger charge is 2.50. The molecule has 1 aromatic heterocycles. The fraction of sp³-hybridized carbons (Fsp3) is 0.800. The van der Waals surface area contributed by atoms with Gasteiger partial charge in [0.1, 0.15) is 0 Å². The maximum Gasteiger partial charge on any atom is 0.209 e. The molecule has 1 aliphatic carbocycles. The molecule has 2 fully saturated rings. The van der Waals surface area contributed by atoms with Crippen LogP contribution >= 0.6 is 27.3 Å². The highest BCUT2D eigenvalue weighted by Crippen LogP contribution is 2.46. The summed E-state index contributed by atoms with van der Waals surface area (Å²) in [6.07, 6.45) is 2.27. The van der Waals surface area contributed by atoms with E-state index in [0.717, 1.165) is 35.0 Å². The van der Waals surface area contributed by atoms with Crippen molar-refractivity contribution in [3.8, 4) is 0 Å². The number of hydrogen-bond acceptors (Lipinski definition) is 5. The molecule has 88 valence electrons. The van der Waals surface area contributed by atoms with E-state index in [2.05, 4.69) is 31.0 Å². The Bertz CT molecular complexity index is 393. The van der Waals surface area contributed by atoms with Crippen molar-refractivity contribution in [1.82, 2.24) is 10.2 Å². The lowest BCUT2D eigenvalue weighted by molar-refractivity contribution is -0.0272. The van der Waals surface area contributed by atoms with Crippen molar-refractivity contribution < 1.29 is 5.11 Å². The Balaban J connectivity index is 1.83. The zero-order chi connectivity index (χ0) is 11.3. The molecule has 3 rings (SSSR count). The van der Waals surface area contributed by atoms with E-state index < -0.39 is 5.60 Å². The Morgan fingerprint density at radius 1 is 1.38 bits per heavy atom. The summed E-state index contributed by atoms with van der Waals surface area (Å²) in [6.45, 7) is 3.80. The summed E-state index contributed by atoms with van der Waals surface area (Å²) < 4.78 is 0.826. The Kier molecular flexibility index (Phi) is 2.49. The fourth-order valence-corrected chi connectivity index (χ4v) is 4.07. The number of aromatic nitrogens is 2. The van der Waals surface area contributed by atoms with E-state index in [1.54, 1.807) is 11.3 Å². The quantitative estimate of drug-likeness (QED) is 0.861. The molecular formula is C10H14BrN3OS. The molecule has 0 radical (unpaired) electrons. The molecule has 2 aliphatic rings. The van der Waals surface area contributed by atoms with E-state index in [-0.39, 0.29) is 0 Å². The van der Waals surface area contributed by atoms with Gasteiger partial charge in [-0.1, -0.05) is 11.3 Å². The number of fused-ring (bicyclic) bond motifs is 2. The van der Waals surface area contributed by atoms with Gasteiger partial charge in [0.15, 0.2) is 3.92 Å². The number of aliphatic hydroxyl groups is 1. The third kappa shape index (κ3) is 1.58. The summed E-state index contributed by atoms with van der Waals surface area (Å²) in [5.74, 6) is 0.767. The van der Waals surface area contributed by atoms with Crippen molar-refractivity contribution in [2.75, 3.05) is 18.0 Å². The number of nitrogens with zero attached hydrogens (tertiary/aromatic N) is 3. The first-order chi connectivity index (χ1) is 7.57. The lowest BCUT2D eigenvalue weighted by Crippen LogP contribution is -2.52. The minimum atomic E-state index is -0.474. The summed E-state index contributed by atoms with van der Waals surface area (Å²) >= 11 is 4.90. The Morgan fingerprint density at radius 2 is 2.00 bits per heavy atom. The second-order valence-corrected chi connectivity index (χ2v) is 7.17. The smallest absolute Gasteiger partial charge is 0.209 e. The summed E-state index contributed by atoms with van der Waals surface area (Å²) in [5, 5.41) is 19.5. The third-order valence-electron chi connectivity index (χ3n) is 4.06. The van der Waals surface area contributed by atoms with Gasteiger partial charge in [-0.3, -0.25) is 0 Å². The van der Waals surface area contributed by atoms with Gasteiger partial charge in [-0.25, -0.2) is 0 Å². The second kappa shape index (κ2) is 3.65. The Morgan fingerprint density at radius 3 is 2.50 bits per heavy atom. The van der Waals surface area contributed by atoms with Gasteiger partial charge in [0.25, 0.3) is 0 Å². The first-order valence-corrected chi connectivity index (χ1v) is 7.14. The number of piperidine rings is 1. The largest absolute Gasteiger partial charge is 0.389 e. The minimum absolute atomic E-state index is 0.383. The van der Waals surface area contributed by atoms with E-state index in [9.17, 15) is 5.11 Å². The van der Waals surface area contributed by atoms with Crippen LogP contribution in [0, 0.1) is 11.8 Å². The lowest BCUT2D eigenvalue weighted by Gasteiger charge is -2.42. The third-order valence-corrected chi connectivity index (χ3v) is 5.48. The van der Waals surface area contributed by atoms with Crippen molar-refractivity contribution in [1.29, 1.82) is 0 Å². The summed E-state index contributed by atoms with van der Waals surface area (Å²) in [7, 11) is 0. The van der Waals surface area contributed by atoms with Crippen molar-refractivity contribution in [3.05, 3.63) is 3.92 Å². The Hall–Kier alpha value is -0.200. The fourth-order valence-electron chi connectivity index (χ4n) is 2.96.